The summed E-state index contributed by atoms with van der Waals surface area (Å²) >= 11 is 1.37. The second-order valence-electron chi connectivity index (χ2n) is 3.40. The summed E-state index contributed by atoms with van der Waals surface area (Å²) < 4.78 is 14.2. The van der Waals surface area contributed by atoms with Gasteiger partial charge in [-0.15, -0.1) is 0 Å². The normalized spacial score (nSPS) is 10.9. The summed E-state index contributed by atoms with van der Waals surface area (Å²) in [6, 6.07) is 3.37. The van der Waals surface area contributed by atoms with E-state index in [1.54, 1.807) is 7.05 Å². The van der Waals surface area contributed by atoms with Crippen molar-refractivity contribution in [1.29, 1.82) is 0 Å². The molecule has 1 aromatic carbocycles. The standard InChI is InChI=1S/C11H13FN2S/c1-3-4-7-5-6-8(12)10-9(7)14-11(13-2)15-10/h5-6H,3-4H2,1-2H3,(H,13,14). The molecule has 1 heterocycles. The Hall–Kier alpha value is -1.16. The van der Waals surface area contributed by atoms with E-state index in [0.717, 1.165) is 29.1 Å². The Balaban J connectivity index is 2.63. The van der Waals surface area contributed by atoms with E-state index in [0.29, 0.717) is 4.70 Å². The van der Waals surface area contributed by atoms with Crippen molar-refractivity contribution < 1.29 is 4.39 Å². The molecule has 2 rings (SSSR count). The molecule has 0 spiro atoms. The van der Waals surface area contributed by atoms with Crippen LogP contribution in [-0.4, -0.2) is 12.0 Å². The van der Waals surface area contributed by atoms with Crippen LogP contribution in [0.15, 0.2) is 12.1 Å². The van der Waals surface area contributed by atoms with Crippen LogP contribution in [0.4, 0.5) is 9.52 Å². The topological polar surface area (TPSA) is 24.9 Å². The maximum Gasteiger partial charge on any atom is 0.183 e. The zero-order chi connectivity index (χ0) is 10.8. The predicted molar refractivity (Wildman–Crippen MR) is 63.1 cm³/mol. The van der Waals surface area contributed by atoms with Crippen molar-refractivity contribution in [2.75, 3.05) is 12.4 Å². The fourth-order valence-corrected chi connectivity index (χ4v) is 2.48. The molecule has 0 saturated carbocycles. The Morgan fingerprint density at radius 1 is 1.47 bits per heavy atom. The lowest BCUT2D eigenvalue weighted by molar-refractivity contribution is 0.641. The van der Waals surface area contributed by atoms with Gasteiger partial charge in [-0.3, -0.25) is 0 Å². The van der Waals surface area contributed by atoms with Crippen molar-refractivity contribution in [1.82, 2.24) is 4.98 Å². The monoisotopic (exact) mass is 224 g/mol. The Bertz CT molecular complexity index is 479. The van der Waals surface area contributed by atoms with Crippen LogP contribution < -0.4 is 5.32 Å². The molecular weight excluding hydrogens is 211 g/mol. The second-order valence-corrected chi connectivity index (χ2v) is 4.40. The van der Waals surface area contributed by atoms with Crippen molar-refractivity contribution in [2.45, 2.75) is 19.8 Å². The molecule has 1 aromatic heterocycles. The Labute approximate surface area is 92.1 Å². The van der Waals surface area contributed by atoms with Gasteiger partial charge in [-0.25, -0.2) is 9.37 Å². The van der Waals surface area contributed by atoms with Crippen LogP contribution in [0.3, 0.4) is 0 Å². The van der Waals surface area contributed by atoms with Gasteiger partial charge in [-0.05, 0) is 18.1 Å². The summed E-state index contributed by atoms with van der Waals surface area (Å²) in [6.07, 6.45) is 2.00. The lowest BCUT2D eigenvalue weighted by Gasteiger charge is -1.99. The lowest BCUT2D eigenvalue weighted by atomic mass is 10.1. The number of aromatic nitrogens is 1. The summed E-state index contributed by atoms with van der Waals surface area (Å²) in [4.78, 5) is 4.38. The van der Waals surface area contributed by atoms with E-state index in [4.69, 9.17) is 0 Å². The number of fused-ring (bicyclic) bond motifs is 1. The molecule has 0 aliphatic carbocycles. The molecule has 1 N–H and O–H groups in total. The largest absolute Gasteiger partial charge is 0.365 e. The maximum atomic E-state index is 13.5. The fourth-order valence-electron chi connectivity index (χ4n) is 1.61. The van der Waals surface area contributed by atoms with Crippen molar-refractivity contribution in [3.05, 3.63) is 23.5 Å². The Kier molecular flexibility index (Phi) is 2.86. The first-order chi connectivity index (χ1) is 7.26. The van der Waals surface area contributed by atoms with Crippen molar-refractivity contribution in [2.24, 2.45) is 0 Å². The molecule has 0 aliphatic heterocycles. The number of benzene rings is 1. The molecule has 0 fully saturated rings. The molecule has 0 amide bonds. The van der Waals surface area contributed by atoms with E-state index < -0.39 is 0 Å². The number of anilines is 1. The molecule has 15 heavy (non-hydrogen) atoms. The lowest BCUT2D eigenvalue weighted by Crippen LogP contribution is -1.88. The van der Waals surface area contributed by atoms with Gasteiger partial charge in [0, 0.05) is 7.05 Å². The smallest absolute Gasteiger partial charge is 0.183 e. The van der Waals surface area contributed by atoms with E-state index in [1.807, 2.05) is 6.07 Å². The quantitative estimate of drug-likeness (QED) is 0.864. The van der Waals surface area contributed by atoms with Gasteiger partial charge in [-0.1, -0.05) is 30.7 Å². The van der Waals surface area contributed by atoms with Crippen LogP contribution in [0.25, 0.3) is 10.2 Å². The van der Waals surface area contributed by atoms with Gasteiger partial charge in [0.05, 0.1) is 10.2 Å². The number of rotatable bonds is 3. The zero-order valence-corrected chi connectivity index (χ0v) is 9.62. The van der Waals surface area contributed by atoms with Gasteiger partial charge in [0.15, 0.2) is 5.13 Å². The molecule has 4 heteroatoms. The highest BCUT2D eigenvalue weighted by atomic mass is 32.1. The van der Waals surface area contributed by atoms with Gasteiger partial charge in [0.2, 0.25) is 0 Å². The van der Waals surface area contributed by atoms with E-state index in [-0.39, 0.29) is 5.82 Å². The number of thiazole rings is 1. The summed E-state index contributed by atoms with van der Waals surface area (Å²) in [7, 11) is 1.80. The first-order valence-corrected chi connectivity index (χ1v) is 5.83. The predicted octanol–water partition coefficient (Wildman–Crippen LogP) is 3.43. The average molecular weight is 224 g/mol. The van der Waals surface area contributed by atoms with Crippen LogP contribution in [0.2, 0.25) is 0 Å². The van der Waals surface area contributed by atoms with Crippen LogP contribution in [-0.2, 0) is 6.42 Å². The molecule has 80 valence electrons. The van der Waals surface area contributed by atoms with Crippen molar-refractivity contribution in [3.8, 4) is 0 Å². The molecule has 0 radical (unpaired) electrons. The number of nitrogens with one attached hydrogen (secondary N) is 1. The number of hydrogen-bond acceptors (Lipinski definition) is 3. The van der Waals surface area contributed by atoms with Crippen LogP contribution >= 0.6 is 11.3 Å². The first-order valence-electron chi connectivity index (χ1n) is 5.02. The fraction of sp³-hybridized carbons (Fsp3) is 0.364. The molecule has 0 atom stereocenters. The third kappa shape index (κ3) is 1.81. The van der Waals surface area contributed by atoms with E-state index in [1.165, 1.54) is 17.4 Å². The molecule has 2 nitrogen and oxygen atoms in total. The Morgan fingerprint density at radius 2 is 2.27 bits per heavy atom. The van der Waals surface area contributed by atoms with Gasteiger partial charge in [0.25, 0.3) is 0 Å². The van der Waals surface area contributed by atoms with Crippen LogP contribution in [0.5, 0.6) is 0 Å². The Morgan fingerprint density at radius 3 is 2.93 bits per heavy atom. The highest BCUT2D eigenvalue weighted by molar-refractivity contribution is 7.22. The minimum atomic E-state index is -0.177. The van der Waals surface area contributed by atoms with Gasteiger partial charge >= 0.3 is 0 Å². The minimum absolute atomic E-state index is 0.177. The average Bonchev–Trinajstić information content (AvgIpc) is 2.67. The third-order valence-corrected chi connectivity index (χ3v) is 3.39. The van der Waals surface area contributed by atoms with E-state index in [2.05, 4.69) is 17.2 Å². The maximum absolute atomic E-state index is 13.5. The van der Waals surface area contributed by atoms with Gasteiger partial charge in [-0.2, -0.15) is 0 Å². The number of hydrogen-bond donors (Lipinski definition) is 1. The third-order valence-electron chi connectivity index (χ3n) is 2.31. The molecule has 0 bridgehead atoms. The van der Waals surface area contributed by atoms with Crippen molar-refractivity contribution >= 4 is 26.7 Å². The molecule has 0 aliphatic rings. The second kappa shape index (κ2) is 4.14. The van der Waals surface area contributed by atoms with E-state index >= 15 is 0 Å². The first kappa shape index (κ1) is 10.4. The summed E-state index contributed by atoms with van der Waals surface area (Å²) in [5.74, 6) is -0.177. The van der Waals surface area contributed by atoms with Crippen LogP contribution in [0, 0.1) is 5.82 Å². The summed E-state index contributed by atoms with van der Waals surface area (Å²) in [6.45, 7) is 2.11. The molecule has 0 unspecified atom stereocenters. The molecular formula is C11H13FN2S. The van der Waals surface area contributed by atoms with Crippen LogP contribution in [0.1, 0.15) is 18.9 Å². The van der Waals surface area contributed by atoms with E-state index in [9.17, 15) is 4.39 Å². The summed E-state index contributed by atoms with van der Waals surface area (Å²) in [5, 5.41) is 3.72. The highest BCUT2D eigenvalue weighted by Gasteiger charge is 2.10. The number of aryl methyl sites for hydroxylation is 1. The van der Waals surface area contributed by atoms with Gasteiger partial charge in [0.1, 0.15) is 5.82 Å². The molecule has 2 aromatic rings. The highest BCUT2D eigenvalue weighted by Crippen LogP contribution is 2.30. The summed E-state index contributed by atoms with van der Waals surface area (Å²) in [5.41, 5.74) is 1.94. The number of halogens is 1. The van der Waals surface area contributed by atoms with Crippen molar-refractivity contribution in [3.63, 3.8) is 0 Å². The van der Waals surface area contributed by atoms with Gasteiger partial charge < -0.3 is 5.32 Å². The minimum Gasteiger partial charge on any atom is -0.365 e. The SMILES string of the molecule is CCCc1ccc(F)c2sc(NC)nc12. The number of nitrogens with zero attached hydrogens (tertiary/aromatic N) is 1. The molecule has 0 saturated heterocycles. The zero-order valence-electron chi connectivity index (χ0n) is 8.80.